The highest BCUT2D eigenvalue weighted by atomic mass is 19.1. The number of H-pyrrole nitrogens is 2. The molecule has 170 valence electrons. The summed E-state index contributed by atoms with van der Waals surface area (Å²) in [5.74, 6) is -0.0448. The number of hydrogen-bond donors (Lipinski definition) is 4. The SMILES string of the molecule is CCn1ccnc1C(=O)Nc1cc(Nc2ccc3c(C=Cc4ncc[nH]4)n[nH]c3c2)ccc1F. The molecule has 0 unspecified atom stereocenters. The second kappa shape index (κ2) is 9.02. The number of nitrogens with zero attached hydrogens (tertiary/aromatic N) is 4. The molecule has 0 fully saturated rings. The smallest absolute Gasteiger partial charge is 0.291 e. The molecule has 0 spiro atoms. The van der Waals surface area contributed by atoms with E-state index in [0.717, 1.165) is 28.1 Å². The maximum absolute atomic E-state index is 14.4. The molecular formula is C24H21FN8O. The fourth-order valence-corrected chi connectivity index (χ4v) is 3.59. The zero-order valence-corrected chi connectivity index (χ0v) is 18.2. The molecule has 0 radical (unpaired) electrons. The first kappa shape index (κ1) is 21.1. The molecule has 0 bridgehead atoms. The number of rotatable bonds is 7. The molecule has 5 rings (SSSR count). The molecule has 5 aromatic rings. The number of aromatic nitrogens is 6. The van der Waals surface area contributed by atoms with Crippen molar-refractivity contribution in [1.29, 1.82) is 0 Å². The molecule has 0 aliphatic heterocycles. The lowest BCUT2D eigenvalue weighted by molar-refractivity contribution is 0.101. The van der Waals surface area contributed by atoms with Gasteiger partial charge in [0.2, 0.25) is 0 Å². The summed E-state index contributed by atoms with van der Waals surface area (Å²) in [5, 5.41) is 14.2. The summed E-state index contributed by atoms with van der Waals surface area (Å²) < 4.78 is 16.1. The van der Waals surface area contributed by atoms with Gasteiger partial charge in [0.1, 0.15) is 11.6 Å². The molecule has 0 atom stereocenters. The van der Waals surface area contributed by atoms with Gasteiger partial charge in [-0.05, 0) is 55.5 Å². The van der Waals surface area contributed by atoms with Gasteiger partial charge in [-0.15, -0.1) is 0 Å². The van der Waals surface area contributed by atoms with E-state index in [1.54, 1.807) is 35.3 Å². The van der Waals surface area contributed by atoms with Crippen molar-refractivity contribution < 1.29 is 9.18 Å². The van der Waals surface area contributed by atoms with Crippen LogP contribution in [0.2, 0.25) is 0 Å². The first-order valence-electron chi connectivity index (χ1n) is 10.7. The van der Waals surface area contributed by atoms with E-state index < -0.39 is 11.7 Å². The molecule has 9 nitrogen and oxygen atoms in total. The topological polar surface area (TPSA) is 116 Å². The normalized spacial score (nSPS) is 11.4. The van der Waals surface area contributed by atoms with Crippen LogP contribution in [0, 0.1) is 5.82 Å². The Balaban J connectivity index is 1.34. The molecule has 0 aliphatic rings. The Morgan fingerprint density at radius 2 is 1.97 bits per heavy atom. The second-order valence-electron chi connectivity index (χ2n) is 7.49. The van der Waals surface area contributed by atoms with Crippen LogP contribution >= 0.6 is 0 Å². The van der Waals surface area contributed by atoms with Crippen LogP contribution in [0.15, 0.2) is 61.2 Å². The second-order valence-corrected chi connectivity index (χ2v) is 7.49. The van der Waals surface area contributed by atoms with E-state index in [2.05, 4.69) is 35.8 Å². The van der Waals surface area contributed by atoms with Crippen LogP contribution in [-0.2, 0) is 6.54 Å². The van der Waals surface area contributed by atoms with Gasteiger partial charge < -0.3 is 20.2 Å². The standard InChI is InChI=1S/C24H21FN8O/c1-2-33-12-11-28-23(33)24(34)30-21-14-16(4-6-18(21)25)29-15-3-5-17-19(31-32-20(17)13-15)7-8-22-26-9-10-27-22/h3-14,29H,2H2,1H3,(H,26,27)(H,30,34)(H,31,32). The largest absolute Gasteiger partial charge is 0.355 e. The number of nitrogens with one attached hydrogen (secondary N) is 4. The van der Waals surface area contributed by atoms with Gasteiger partial charge in [-0.2, -0.15) is 5.10 Å². The minimum absolute atomic E-state index is 0.0635. The van der Waals surface area contributed by atoms with E-state index in [4.69, 9.17) is 0 Å². The van der Waals surface area contributed by atoms with Gasteiger partial charge in [0.05, 0.1) is 16.9 Å². The van der Waals surface area contributed by atoms with E-state index in [0.29, 0.717) is 12.2 Å². The van der Waals surface area contributed by atoms with Crippen molar-refractivity contribution in [2.24, 2.45) is 0 Å². The van der Waals surface area contributed by atoms with Crippen molar-refractivity contribution in [1.82, 2.24) is 29.7 Å². The Kier molecular flexibility index (Phi) is 5.61. The number of aromatic amines is 2. The number of amides is 1. The predicted molar refractivity (Wildman–Crippen MR) is 129 cm³/mol. The van der Waals surface area contributed by atoms with Crippen LogP contribution in [0.25, 0.3) is 23.1 Å². The molecule has 0 saturated heterocycles. The lowest BCUT2D eigenvalue weighted by Crippen LogP contribution is -2.18. The molecule has 3 aromatic heterocycles. The Hall–Kier alpha value is -4.73. The molecule has 0 saturated carbocycles. The highest BCUT2D eigenvalue weighted by Gasteiger charge is 2.15. The number of hydrogen-bond acceptors (Lipinski definition) is 5. The van der Waals surface area contributed by atoms with Crippen LogP contribution in [0.4, 0.5) is 21.5 Å². The Morgan fingerprint density at radius 1 is 1.12 bits per heavy atom. The van der Waals surface area contributed by atoms with E-state index in [-0.39, 0.29) is 11.5 Å². The summed E-state index contributed by atoms with van der Waals surface area (Å²) in [6.45, 7) is 2.49. The molecule has 1 amide bonds. The number of anilines is 3. The van der Waals surface area contributed by atoms with E-state index in [1.807, 2.05) is 37.3 Å². The fraction of sp³-hybridized carbons (Fsp3) is 0.0833. The van der Waals surface area contributed by atoms with Gasteiger partial charge in [0.25, 0.3) is 5.91 Å². The summed E-state index contributed by atoms with van der Waals surface area (Å²) in [5.41, 5.74) is 3.09. The number of carbonyl (C=O) groups excluding carboxylic acids is 1. The summed E-state index contributed by atoms with van der Waals surface area (Å²) >= 11 is 0. The van der Waals surface area contributed by atoms with E-state index >= 15 is 0 Å². The first-order chi connectivity index (χ1) is 16.6. The number of halogens is 1. The average molecular weight is 456 g/mol. The summed E-state index contributed by atoms with van der Waals surface area (Å²) in [6.07, 6.45) is 10.4. The number of imidazole rings is 2. The number of benzene rings is 2. The summed E-state index contributed by atoms with van der Waals surface area (Å²) in [4.78, 5) is 23.8. The van der Waals surface area contributed by atoms with Crippen molar-refractivity contribution in [3.05, 3.63) is 84.3 Å². The van der Waals surface area contributed by atoms with Crippen molar-refractivity contribution >= 4 is 46.0 Å². The third-order valence-corrected chi connectivity index (χ3v) is 5.27. The van der Waals surface area contributed by atoms with Crippen molar-refractivity contribution in [3.63, 3.8) is 0 Å². The lowest BCUT2D eigenvalue weighted by atomic mass is 10.1. The van der Waals surface area contributed by atoms with Crippen LogP contribution in [-0.4, -0.2) is 35.6 Å². The number of fused-ring (bicyclic) bond motifs is 1. The van der Waals surface area contributed by atoms with Crippen LogP contribution < -0.4 is 10.6 Å². The number of aryl methyl sites for hydroxylation is 1. The molecular weight excluding hydrogens is 435 g/mol. The van der Waals surface area contributed by atoms with Crippen LogP contribution in [0.1, 0.15) is 29.1 Å². The highest BCUT2D eigenvalue weighted by Crippen LogP contribution is 2.26. The van der Waals surface area contributed by atoms with Crippen molar-refractivity contribution in [2.75, 3.05) is 10.6 Å². The molecule has 3 heterocycles. The Bertz CT molecular complexity index is 1480. The summed E-state index contributed by atoms with van der Waals surface area (Å²) in [7, 11) is 0. The minimum atomic E-state index is -0.537. The molecule has 34 heavy (non-hydrogen) atoms. The Labute approximate surface area is 193 Å². The monoisotopic (exact) mass is 456 g/mol. The van der Waals surface area contributed by atoms with E-state index in [9.17, 15) is 9.18 Å². The predicted octanol–water partition coefficient (Wildman–Crippen LogP) is 4.81. The van der Waals surface area contributed by atoms with Gasteiger partial charge in [-0.25, -0.2) is 14.4 Å². The molecule has 10 heteroatoms. The maximum atomic E-state index is 14.4. The Morgan fingerprint density at radius 3 is 2.79 bits per heavy atom. The average Bonchev–Trinajstić information content (AvgIpc) is 3.60. The van der Waals surface area contributed by atoms with Gasteiger partial charge in [0.15, 0.2) is 5.82 Å². The van der Waals surface area contributed by atoms with Crippen molar-refractivity contribution in [2.45, 2.75) is 13.5 Å². The molecule has 0 aliphatic carbocycles. The molecule has 4 N–H and O–H groups in total. The first-order valence-corrected chi connectivity index (χ1v) is 10.7. The van der Waals surface area contributed by atoms with Crippen LogP contribution in [0.3, 0.4) is 0 Å². The fourth-order valence-electron chi connectivity index (χ4n) is 3.59. The van der Waals surface area contributed by atoms with Gasteiger partial charge >= 0.3 is 0 Å². The lowest BCUT2D eigenvalue weighted by Gasteiger charge is -2.11. The number of carbonyl (C=O) groups is 1. The zero-order chi connectivity index (χ0) is 23.5. The highest BCUT2D eigenvalue weighted by molar-refractivity contribution is 6.02. The summed E-state index contributed by atoms with van der Waals surface area (Å²) in [6, 6.07) is 10.2. The van der Waals surface area contributed by atoms with Crippen LogP contribution in [0.5, 0.6) is 0 Å². The van der Waals surface area contributed by atoms with Crippen molar-refractivity contribution in [3.8, 4) is 0 Å². The molecule has 2 aromatic carbocycles. The quantitative estimate of drug-likeness (QED) is 0.281. The third-order valence-electron chi connectivity index (χ3n) is 5.27. The maximum Gasteiger partial charge on any atom is 0.291 e. The third kappa shape index (κ3) is 4.29. The minimum Gasteiger partial charge on any atom is -0.355 e. The zero-order valence-electron chi connectivity index (χ0n) is 18.2. The van der Waals surface area contributed by atoms with Gasteiger partial charge in [-0.1, -0.05) is 0 Å². The van der Waals surface area contributed by atoms with Gasteiger partial charge in [-0.3, -0.25) is 9.89 Å². The van der Waals surface area contributed by atoms with E-state index in [1.165, 1.54) is 12.3 Å². The van der Waals surface area contributed by atoms with Gasteiger partial charge in [0, 0.05) is 48.1 Å².